The minimum atomic E-state index is -0.560. The van der Waals surface area contributed by atoms with Crippen molar-refractivity contribution < 1.29 is 23.5 Å². The summed E-state index contributed by atoms with van der Waals surface area (Å²) >= 11 is 1.09. The maximum atomic E-state index is 11.9. The van der Waals surface area contributed by atoms with Crippen molar-refractivity contribution in [3.8, 4) is 0 Å². The lowest BCUT2D eigenvalue weighted by molar-refractivity contribution is -0.144. The molecule has 3 aromatic rings. The van der Waals surface area contributed by atoms with E-state index in [1.54, 1.807) is 30.3 Å². The number of esters is 1. The van der Waals surface area contributed by atoms with Gasteiger partial charge in [0.2, 0.25) is 0 Å². The van der Waals surface area contributed by atoms with Crippen LogP contribution in [0.5, 0.6) is 0 Å². The van der Waals surface area contributed by atoms with Gasteiger partial charge >= 0.3 is 5.97 Å². The van der Waals surface area contributed by atoms with E-state index in [1.807, 2.05) is 18.2 Å². The zero-order valence-corrected chi connectivity index (χ0v) is 15.2. The number of oxazole rings is 1. The van der Waals surface area contributed by atoms with Gasteiger partial charge in [-0.05, 0) is 31.2 Å². The first-order chi connectivity index (χ1) is 13.0. The highest BCUT2D eigenvalue weighted by Crippen LogP contribution is 2.23. The summed E-state index contributed by atoms with van der Waals surface area (Å²) in [6.07, 6.45) is 0. The molecule has 3 rings (SSSR count). The van der Waals surface area contributed by atoms with Gasteiger partial charge in [0.05, 0.1) is 0 Å². The largest absolute Gasteiger partial charge is 0.455 e. The number of hydrogen-bond donors (Lipinski definition) is 1. The number of carbonyl (C=O) groups excluding carboxylic acids is 3. The van der Waals surface area contributed by atoms with Crippen molar-refractivity contribution >= 4 is 46.2 Å². The number of aromatic nitrogens is 1. The van der Waals surface area contributed by atoms with Crippen molar-refractivity contribution in [3.05, 3.63) is 54.1 Å². The smallest absolute Gasteiger partial charge is 0.316 e. The molecule has 0 saturated carbocycles. The predicted molar refractivity (Wildman–Crippen MR) is 101 cm³/mol. The molecule has 0 bridgehead atoms. The molecule has 0 fully saturated rings. The summed E-state index contributed by atoms with van der Waals surface area (Å²) in [6.45, 7) is 1.02. The van der Waals surface area contributed by atoms with Gasteiger partial charge in [-0.25, -0.2) is 4.98 Å². The summed E-state index contributed by atoms with van der Waals surface area (Å²) in [5.74, 6) is -1.18. The number of ketones is 1. The second kappa shape index (κ2) is 8.50. The summed E-state index contributed by atoms with van der Waals surface area (Å²) in [7, 11) is 0. The third-order valence-electron chi connectivity index (χ3n) is 3.50. The number of anilines is 1. The van der Waals surface area contributed by atoms with Crippen molar-refractivity contribution in [3.63, 3.8) is 0 Å². The number of rotatable bonds is 7. The summed E-state index contributed by atoms with van der Waals surface area (Å²) < 4.78 is 10.4. The average Bonchev–Trinajstić information content (AvgIpc) is 3.08. The van der Waals surface area contributed by atoms with Crippen LogP contribution in [0.15, 0.2) is 58.2 Å². The molecule has 0 spiro atoms. The molecule has 8 heteroatoms. The van der Waals surface area contributed by atoms with E-state index in [0.717, 1.165) is 11.8 Å². The number of thioether (sulfide) groups is 1. The average molecular weight is 384 g/mol. The molecule has 0 aliphatic carbocycles. The second-order valence-corrected chi connectivity index (χ2v) is 6.51. The van der Waals surface area contributed by atoms with Gasteiger partial charge < -0.3 is 14.5 Å². The van der Waals surface area contributed by atoms with E-state index in [9.17, 15) is 14.4 Å². The van der Waals surface area contributed by atoms with E-state index in [2.05, 4.69) is 10.3 Å². The number of amides is 1. The number of fused-ring (bicyclic) bond motifs is 1. The Morgan fingerprint density at radius 3 is 2.74 bits per heavy atom. The van der Waals surface area contributed by atoms with E-state index in [1.165, 1.54) is 6.92 Å². The van der Waals surface area contributed by atoms with Crippen molar-refractivity contribution in [2.45, 2.75) is 12.1 Å². The Morgan fingerprint density at radius 2 is 1.96 bits per heavy atom. The molecule has 0 radical (unpaired) electrons. The van der Waals surface area contributed by atoms with Crippen LogP contribution in [0.25, 0.3) is 11.1 Å². The minimum Gasteiger partial charge on any atom is -0.455 e. The van der Waals surface area contributed by atoms with Crippen molar-refractivity contribution in [1.29, 1.82) is 0 Å². The fraction of sp³-hybridized carbons (Fsp3) is 0.158. The van der Waals surface area contributed by atoms with Crippen LogP contribution in [-0.4, -0.2) is 35.0 Å². The molecule has 138 valence electrons. The Bertz CT molecular complexity index is 965. The Morgan fingerprint density at radius 1 is 1.15 bits per heavy atom. The highest BCUT2D eigenvalue weighted by Gasteiger charge is 2.12. The number of carbonyl (C=O) groups is 3. The zero-order chi connectivity index (χ0) is 19.2. The minimum absolute atomic E-state index is 0.0279. The molecule has 0 atom stereocenters. The molecule has 2 aromatic carbocycles. The normalized spacial score (nSPS) is 10.6. The van der Waals surface area contributed by atoms with Gasteiger partial charge in [-0.3, -0.25) is 14.4 Å². The highest BCUT2D eigenvalue weighted by molar-refractivity contribution is 7.99. The third-order valence-corrected chi connectivity index (χ3v) is 4.31. The van der Waals surface area contributed by atoms with Gasteiger partial charge in [-0.2, -0.15) is 0 Å². The summed E-state index contributed by atoms with van der Waals surface area (Å²) in [6, 6.07) is 13.8. The first kappa shape index (κ1) is 18.7. The maximum absolute atomic E-state index is 11.9. The quantitative estimate of drug-likeness (QED) is 0.379. The molecule has 1 heterocycles. The molecule has 7 nitrogen and oxygen atoms in total. The molecular formula is C19H16N2O5S. The van der Waals surface area contributed by atoms with E-state index >= 15 is 0 Å². The number of para-hydroxylation sites is 2. The van der Waals surface area contributed by atoms with E-state index < -0.39 is 18.5 Å². The Kier molecular flexibility index (Phi) is 5.87. The van der Waals surface area contributed by atoms with E-state index in [-0.39, 0.29) is 11.5 Å². The molecule has 1 aromatic heterocycles. The molecule has 1 amide bonds. The topological polar surface area (TPSA) is 98.5 Å². The summed E-state index contributed by atoms with van der Waals surface area (Å²) in [5, 5.41) is 2.94. The van der Waals surface area contributed by atoms with Crippen LogP contribution in [0, 0.1) is 0 Å². The first-order valence-electron chi connectivity index (χ1n) is 8.06. The van der Waals surface area contributed by atoms with Gasteiger partial charge in [0.25, 0.3) is 11.1 Å². The third kappa shape index (κ3) is 5.18. The molecule has 0 saturated heterocycles. The fourth-order valence-corrected chi connectivity index (χ4v) is 2.87. The van der Waals surface area contributed by atoms with Crippen LogP contribution in [-0.2, 0) is 14.3 Å². The van der Waals surface area contributed by atoms with Crippen LogP contribution >= 0.6 is 11.8 Å². The van der Waals surface area contributed by atoms with E-state index in [0.29, 0.717) is 27.6 Å². The highest BCUT2D eigenvalue weighted by atomic mass is 32.2. The van der Waals surface area contributed by atoms with Gasteiger partial charge in [0, 0.05) is 11.3 Å². The van der Waals surface area contributed by atoms with Crippen molar-refractivity contribution in [2.24, 2.45) is 0 Å². The van der Waals surface area contributed by atoms with E-state index in [4.69, 9.17) is 9.15 Å². The number of Topliss-reactive ketones (excluding diaryl/α,β-unsaturated/α-hetero) is 1. The van der Waals surface area contributed by atoms with Gasteiger partial charge in [0.15, 0.2) is 18.0 Å². The number of nitrogens with zero attached hydrogens (tertiary/aromatic N) is 1. The van der Waals surface area contributed by atoms with Crippen molar-refractivity contribution in [1.82, 2.24) is 4.98 Å². The van der Waals surface area contributed by atoms with Gasteiger partial charge in [0.1, 0.15) is 11.3 Å². The number of nitrogens with one attached hydrogen (secondary N) is 1. The van der Waals surface area contributed by atoms with Crippen LogP contribution < -0.4 is 5.32 Å². The standard InChI is InChI=1S/C19H16N2O5S/c1-12(22)13-5-4-6-14(9-13)20-17(23)10-25-18(24)11-27-19-21-15-7-2-3-8-16(15)26-19/h2-9H,10-11H2,1H3,(H,20,23). The lowest BCUT2D eigenvalue weighted by Crippen LogP contribution is -2.21. The number of hydrogen-bond acceptors (Lipinski definition) is 7. The molecule has 27 heavy (non-hydrogen) atoms. The Labute approximate surface area is 159 Å². The predicted octanol–water partition coefficient (Wildman–Crippen LogP) is 3.30. The van der Waals surface area contributed by atoms with Crippen LogP contribution in [0.1, 0.15) is 17.3 Å². The second-order valence-electron chi connectivity index (χ2n) is 5.58. The zero-order valence-electron chi connectivity index (χ0n) is 14.4. The van der Waals surface area contributed by atoms with Crippen molar-refractivity contribution in [2.75, 3.05) is 17.7 Å². The monoisotopic (exact) mass is 384 g/mol. The Hall–Kier alpha value is -3.13. The summed E-state index contributed by atoms with van der Waals surface area (Å²) in [5.41, 5.74) is 2.30. The number of ether oxygens (including phenoxy) is 1. The summed E-state index contributed by atoms with van der Waals surface area (Å²) in [4.78, 5) is 39.3. The molecule has 0 aliphatic heterocycles. The Balaban J connectivity index is 1.45. The van der Waals surface area contributed by atoms with Gasteiger partial charge in [-0.15, -0.1) is 0 Å². The SMILES string of the molecule is CC(=O)c1cccc(NC(=O)COC(=O)CSc2nc3ccccc3o2)c1. The van der Waals surface area contributed by atoms with Crippen LogP contribution in [0.3, 0.4) is 0 Å². The van der Waals surface area contributed by atoms with Gasteiger partial charge in [-0.1, -0.05) is 36.0 Å². The molecule has 0 unspecified atom stereocenters. The molecular weight excluding hydrogens is 368 g/mol. The lowest BCUT2D eigenvalue weighted by Gasteiger charge is -2.07. The fourth-order valence-electron chi connectivity index (χ4n) is 2.23. The molecule has 0 aliphatic rings. The first-order valence-corrected chi connectivity index (χ1v) is 9.04. The number of benzene rings is 2. The van der Waals surface area contributed by atoms with Crippen LogP contribution in [0.4, 0.5) is 5.69 Å². The molecule has 1 N–H and O–H groups in total. The maximum Gasteiger partial charge on any atom is 0.316 e. The lowest BCUT2D eigenvalue weighted by atomic mass is 10.1. The van der Waals surface area contributed by atoms with Crippen LogP contribution in [0.2, 0.25) is 0 Å².